The molecule has 4 N–H and O–H groups in total. The Morgan fingerprint density at radius 2 is 1.45 bits per heavy atom. The maximum atomic E-state index is 12.8. The monoisotopic (exact) mass is 738 g/mol. The van der Waals surface area contributed by atoms with E-state index >= 15 is 0 Å². The number of aliphatic hydroxyl groups is 1. The van der Waals surface area contributed by atoms with Crippen molar-refractivity contribution in [3.8, 4) is 28.4 Å². The SMILES string of the molecule is COc1cc(C(=O)OCc2ccccc2)ccc1-c1cc(C)c(OCCN[C@@H](C)[C@H](O)c2ccc(OCc3ccccc3)c(S(C)(=O)=O)c2N)c(C)c1. The zero-order chi connectivity index (χ0) is 38.1. The van der Waals surface area contributed by atoms with E-state index in [1.54, 1.807) is 32.2 Å². The van der Waals surface area contributed by atoms with Crippen LogP contribution < -0.4 is 25.3 Å². The first-order valence-electron chi connectivity index (χ1n) is 17.2. The Kier molecular flexibility index (Phi) is 12.8. The van der Waals surface area contributed by atoms with E-state index < -0.39 is 28.0 Å². The van der Waals surface area contributed by atoms with E-state index in [2.05, 4.69) is 5.32 Å². The maximum absolute atomic E-state index is 12.8. The molecule has 0 aromatic heterocycles. The van der Waals surface area contributed by atoms with Crippen molar-refractivity contribution in [3.63, 3.8) is 0 Å². The molecular formula is C42H46N2O8S. The summed E-state index contributed by atoms with van der Waals surface area (Å²) < 4.78 is 48.7. The minimum Gasteiger partial charge on any atom is -0.496 e. The van der Waals surface area contributed by atoms with Gasteiger partial charge < -0.3 is 35.1 Å². The van der Waals surface area contributed by atoms with Crippen LogP contribution in [0.25, 0.3) is 11.1 Å². The summed E-state index contributed by atoms with van der Waals surface area (Å²) in [5, 5.41) is 14.5. The number of nitrogen functional groups attached to an aromatic ring is 1. The number of nitrogens with one attached hydrogen (secondary N) is 1. The van der Waals surface area contributed by atoms with Crippen molar-refractivity contribution < 1.29 is 37.3 Å². The normalized spacial score (nSPS) is 12.5. The number of nitrogens with two attached hydrogens (primary N) is 1. The number of carbonyl (C=O) groups excluding carboxylic acids is 1. The lowest BCUT2D eigenvalue weighted by atomic mass is 9.98. The van der Waals surface area contributed by atoms with Crippen LogP contribution in [0.2, 0.25) is 0 Å². The number of esters is 1. The number of aliphatic hydroxyl groups excluding tert-OH is 1. The summed E-state index contributed by atoms with van der Waals surface area (Å²) in [5.41, 5.74) is 12.3. The molecule has 0 saturated heterocycles. The predicted octanol–water partition coefficient (Wildman–Crippen LogP) is 6.99. The summed E-state index contributed by atoms with van der Waals surface area (Å²) in [7, 11) is -2.21. The molecule has 0 fully saturated rings. The van der Waals surface area contributed by atoms with Crippen LogP contribution in [0.4, 0.5) is 5.69 Å². The molecular weight excluding hydrogens is 693 g/mol. The van der Waals surface area contributed by atoms with Gasteiger partial charge in [0, 0.05) is 30.0 Å². The largest absolute Gasteiger partial charge is 0.496 e. The highest BCUT2D eigenvalue weighted by atomic mass is 32.2. The third-order valence-electron chi connectivity index (χ3n) is 8.83. The van der Waals surface area contributed by atoms with Gasteiger partial charge in [0.2, 0.25) is 0 Å². The second kappa shape index (κ2) is 17.4. The summed E-state index contributed by atoms with van der Waals surface area (Å²) in [6.45, 7) is 6.75. The highest BCUT2D eigenvalue weighted by molar-refractivity contribution is 7.91. The van der Waals surface area contributed by atoms with Gasteiger partial charge in [0.15, 0.2) is 9.84 Å². The van der Waals surface area contributed by atoms with Crippen molar-refractivity contribution in [2.45, 2.75) is 51.0 Å². The number of sulfone groups is 1. The van der Waals surface area contributed by atoms with Crippen LogP contribution in [0.3, 0.4) is 0 Å². The van der Waals surface area contributed by atoms with Crippen LogP contribution in [-0.4, -0.2) is 52.1 Å². The Hall–Kier alpha value is -5.36. The Bertz CT molecular complexity index is 2120. The number of aryl methyl sites for hydroxylation is 2. The lowest BCUT2D eigenvalue weighted by molar-refractivity contribution is 0.0472. The van der Waals surface area contributed by atoms with Crippen LogP contribution in [0, 0.1) is 13.8 Å². The van der Waals surface area contributed by atoms with Crippen molar-refractivity contribution in [2.24, 2.45) is 0 Å². The van der Waals surface area contributed by atoms with Crippen molar-refractivity contribution in [1.82, 2.24) is 5.32 Å². The molecule has 0 radical (unpaired) electrons. The Balaban J connectivity index is 1.20. The summed E-state index contributed by atoms with van der Waals surface area (Å²) in [6.07, 6.45) is -0.0351. The van der Waals surface area contributed by atoms with E-state index in [0.29, 0.717) is 24.5 Å². The molecule has 0 heterocycles. The predicted molar refractivity (Wildman–Crippen MR) is 206 cm³/mol. The van der Waals surface area contributed by atoms with Crippen LogP contribution in [0.15, 0.2) is 108 Å². The fourth-order valence-electron chi connectivity index (χ4n) is 6.10. The zero-order valence-corrected chi connectivity index (χ0v) is 31.4. The number of anilines is 1. The first-order valence-corrected chi connectivity index (χ1v) is 19.1. The highest BCUT2D eigenvalue weighted by Gasteiger charge is 2.26. The van der Waals surface area contributed by atoms with Gasteiger partial charge in [0.05, 0.1) is 24.5 Å². The number of benzene rings is 5. The maximum Gasteiger partial charge on any atom is 0.338 e. The molecule has 2 atom stereocenters. The number of hydrogen-bond acceptors (Lipinski definition) is 10. The van der Waals surface area contributed by atoms with Gasteiger partial charge in [-0.1, -0.05) is 66.7 Å². The molecule has 10 nitrogen and oxygen atoms in total. The highest BCUT2D eigenvalue weighted by Crippen LogP contribution is 2.38. The van der Waals surface area contributed by atoms with Crippen LogP contribution in [-0.2, 0) is 27.8 Å². The molecule has 0 aliphatic heterocycles. The topological polar surface area (TPSA) is 146 Å². The molecule has 5 rings (SSSR count). The van der Waals surface area contributed by atoms with E-state index in [-0.39, 0.29) is 35.1 Å². The van der Waals surface area contributed by atoms with Crippen molar-refractivity contribution in [3.05, 3.63) is 137 Å². The van der Waals surface area contributed by atoms with Gasteiger partial charge in [-0.05, 0) is 85.0 Å². The Labute approximate surface area is 311 Å². The molecule has 0 aliphatic rings. The zero-order valence-electron chi connectivity index (χ0n) is 30.6. The molecule has 0 unspecified atom stereocenters. The molecule has 5 aromatic rings. The van der Waals surface area contributed by atoms with E-state index in [0.717, 1.165) is 45.4 Å². The number of hydrogen-bond donors (Lipinski definition) is 3. The lowest BCUT2D eigenvalue weighted by Gasteiger charge is -2.24. The molecule has 0 amide bonds. The second-order valence-corrected chi connectivity index (χ2v) is 14.8. The van der Waals surface area contributed by atoms with Crippen LogP contribution >= 0.6 is 0 Å². The fourth-order valence-corrected chi connectivity index (χ4v) is 7.11. The van der Waals surface area contributed by atoms with Crippen LogP contribution in [0.5, 0.6) is 17.2 Å². The first kappa shape index (κ1) is 38.9. The van der Waals surface area contributed by atoms with E-state index in [4.69, 9.17) is 24.7 Å². The van der Waals surface area contributed by atoms with Gasteiger partial charge in [0.25, 0.3) is 0 Å². The Morgan fingerprint density at radius 3 is 2.06 bits per heavy atom. The molecule has 53 heavy (non-hydrogen) atoms. The van der Waals surface area contributed by atoms with E-state index in [1.807, 2.05) is 92.7 Å². The van der Waals surface area contributed by atoms with Gasteiger partial charge in [0.1, 0.15) is 42.0 Å². The lowest BCUT2D eigenvalue weighted by Crippen LogP contribution is -2.35. The van der Waals surface area contributed by atoms with Gasteiger partial charge >= 0.3 is 5.97 Å². The van der Waals surface area contributed by atoms with Crippen LogP contribution in [0.1, 0.15) is 51.2 Å². The number of methoxy groups -OCH3 is 1. The summed E-state index contributed by atoms with van der Waals surface area (Å²) in [5.74, 6) is 0.971. The molecule has 0 bridgehead atoms. The number of ether oxygens (including phenoxy) is 4. The van der Waals surface area contributed by atoms with Crippen molar-refractivity contribution in [2.75, 3.05) is 32.3 Å². The molecule has 278 valence electrons. The van der Waals surface area contributed by atoms with Crippen molar-refractivity contribution in [1.29, 1.82) is 0 Å². The third-order valence-corrected chi connectivity index (χ3v) is 9.99. The van der Waals surface area contributed by atoms with E-state index in [9.17, 15) is 18.3 Å². The minimum atomic E-state index is -3.78. The van der Waals surface area contributed by atoms with Gasteiger partial charge in [-0.25, -0.2) is 13.2 Å². The summed E-state index contributed by atoms with van der Waals surface area (Å²) >= 11 is 0. The smallest absolute Gasteiger partial charge is 0.338 e. The number of rotatable bonds is 16. The number of carbonyl (C=O) groups is 1. The first-order chi connectivity index (χ1) is 25.4. The quantitative estimate of drug-likeness (QED) is 0.0550. The third kappa shape index (κ3) is 9.75. The Morgan fingerprint density at radius 1 is 0.830 bits per heavy atom. The fraction of sp³-hybridized carbons (Fsp3) is 0.262. The standard InChI is InChI=1S/C42H46N2O8S/c1-27-22-33(34-17-16-32(24-37(34)49-4)42(46)52-26-31-14-10-7-11-15-31)23-28(2)40(27)50-21-20-44-29(3)39(45)35-18-19-36(41(38(35)43)53(5,47)48)51-25-30-12-8-6-9-13-30/h6-19,22-24,29,39,44-45H,20-21,25-26,43H2,1-5H3/t29-,39-/m0/s1. The van der Waals surface area contributed by atoms with Gasteiger partial charge in [-0.3, -0.25) is 0 Å². The molecule has 5 aromatic carbocycles. The van der Waals surface area contributed by atoms with Crippen molar-refractivity contribution >= 4 is 21.5 Å². The van der Waals surface area contributed by atoms with E-state index in [1.165, 1.54) is 6.07 Å². The summed E-state index contributed by atoms with van der Waals surface area (Å²) in [6, 6.07) is 30.8. The average Bonchev–Trinajstić information content (AvgIpc) is 3.15. The molecule has 0 spiro atoms. The van der Waals surface area contributed by atoms with Gasteiger partial charge in [-0.15, -0.1) is 0 Å². The second-order valence-electron chi connectivity index (χ2n) is 12.9. The summed E-state index contributed by atoms with van der Waals surface area (Å²) in [4.78, 5) is 12.6. The average molecular weight is 739 g/mol. The van der Waals surface area contributed by atoms with Gasteiger partial charge in [-0.2, -0.15) is 0 Å². The molecule has 0 saturated carbocycles. The minimum absolute atomic E-state index is 0.0453. The molecule has 0 aliphatic carbocycles. The molecule has 11 heteroatoms.